The Morgan fingerprint density at radius 2 is 1.81 bits per heavy atom. The number of carbonyl (C=O) groups excluding carboxylic acids is 2. The summed E-state index contributed by atoms with van der Waals surface area (Å²) in [6, 6.07) is 18.9. The van der Waals surface area contributed by atoms with Crippen molar-refractivity contribution < 1.29 is 19.1 Å². The van der Waals surface area contributed by atoms with Gasteiger partial charge in [0.15, 0.2) is 6.10 Å². The molecule has 1 atom stereocenters. The van der Waals surface area contributed by atoms with Gasteiger partial charge < -0.3 is 9.47 Å². The number of benzene rings is 3. The molecule has 0 bridgehead atoms. The standard InChI is InChI=1S/C26H19Cl3N2O4S/c1-2-20(35-21-12-9-16(27)13-19(21)28)25(32)31-30-14-15-7-10-17(11-8-15)34-26(33)24-23(29)18-5-3-4-6-22(18)36-24/h3-14,20H,2H2,1H3,(H,31,32)/b30-14-/t20-/m1/s1. The molecule has 0 aliphatic rings. The predicted molar refractivity (Wildman–Crippen MR) is 145 cm³/mol. The number of halogens is 3. The molecule has 0 saturated carbocycles. The van der Waals surface area contributed by atoms with Gasteiger partial charge in [-0.25, -0.2) is 10.2 Å². The molecular weight excluding hydrogens is 543 g/mol. The molecule has 1 N–H and O–H groups in total. The van der Waals surface area contributed by atoms with Crippen LogP contribution < -0.4 is 14.9 Å². The van der Waals surface area contributed by atoms with Crippen molar-refractivity contribution in [2.75, 3.05) is 0 Å². The molecule has 0 unspecified atom stereocenters. The van der Waals surface area contributed by atoms with Crippen molar-refractivity contribution in [2.24, 2.45) is 5.10 Å². The van der Waals surface area contributed by atoms with Gasteiger partial charge in [0.2, 0.25) is 0 Å². The Labute approximate surface area is 226 Å². The number of ether oxygens (including phenoxy) is 2. The van der Waals surface area contributed by atoms with Crippen molar-refractivity contribution in [1.82, 2.24) is 5.43 Å². The van der Waals surface area contributed by atoms with Gasteiger partial charge in [0.05, 0.1) is 16.3 Å². The first kappa shape index (κ1) is 26.0. The van der Waals surface area contributed by atoms with Crippen molar-refractivity contribution in [1.29, 1.82) is 0 Å². The molecule has 0 spiro atoms. The second-order valence-electron chi connectivity index (χ2n) is 7.52. The third kappa shape index (κ3) is 6.17. The molecule has 6 nitrogen and oxygen atoms in total. The predicted octanol–water partition coefficient (Wildman–Crippen LogP) is 7.39. The van der Waals surface area contributed by atoms with Gasteiger partial charge in [-0.05, 0) is 60.5 Å². The van der Waals surface area contributed by atoms with Crippen molar-refractivity contribution in [3.05, 3.63) is 92.2 Å². The average molecular weight is 562 g/mol. The lowest BCUT2D eigenvalue weighted by Gasteiger charge is -2.16. The van der Waals surface area contributed by atoms with E-state index in [-0.39, 0.29) is 0 Å². The molecular formula is C26H19Cl3N2O4S. The van der Waals surface area contributed by atoms with Gasteiger partial charge in [-0.15, -0.1) is 11.3 Å². The maximum Gasteiger partial charge on any atom is 0.355 e. The molecule has 0 radical (unpaired) electrons. The summed E-state index contributed by atoms with van der Waals surface area (Å²) < 4.78 is 12.1. The summed E-state index contributed by atoms with van der Waals surface area (Å²) in [7, 11) is 0. The lowest BCUT2D eigenvalue weighted by atomic mass is 10.2. The first-order chi connectivity index (χ1) is 17.4. The highest BCUT2D eigenvalue weighted by Gasteiger charge is 2.20. The van der Waals surface area contributed by atoms with E-state index in [2.05, 4.69) is 10.5 Å². The molecule has 10 heteroatoms. The quantitative estimate of drug-likeness (QED) is 0.105. The lowest BCUT2D eigenvalue weighted by molar-refractivity contribution is -0.128. The SMILES string of the molecule is CC[C@@H](Oc1ccc(Cl)cc1Cl)C(=O)N/N=C\c1ccc(OC(=O)c2sc3ccccc3c2Cl)cc1. The summed E-state index contributed by atoms with van der Waals surface area (Å²) in [5, 5.41) is 5.96. The van der Waals surface area contributed by atoms with Crippen LogP contribution in [0.4, 0.5) is 0 Å². The van der Waals surface area contributed by atoms with Crippen LogP contribution in [0.25, 0.3) is 10.1 Å². The van der Waals surface area contributed by atoms with Crippen molar-refractivity contribution in [2.45, 2.75) is 19.4 Å². The zero-order valence-corrected chi connectivity index (χ0v) is 21.9. The minimum absolute atomic E-state index is 0.313. The average Bonchev–Trinajstić information content (AvgIpc) is 3.21. The lowest BCUT2D eigenvalue weighted by Crippen LogP contribution is -2.35. The van der Waals surface area contributed by atoms with Crippen molar-refractivity contribution >= 4 is 74.3 Å². The summed E-state index contributed by atoms with van der Waals surface area (Å²) in [5.74, 6) is -0.241. The highest BCUT2D eigenvalue weighted by Crippen LogP contribution is 2.35. The molecule has 1 aromatic heterocycles. The van der Waals surface area contributed by atoms with Crippen LogP contribution in [0.3, 0.4) is 0 Å². The van der Waals surface area contributed by atoms with Gasteiger partial charge in [0.25, 0.3) is 5.91 Å². The Kier molecular flexibility index (Phi) is 8.48. The Bertz CT molecular complexity index is 1440. The number of nitrogens with one attached hydrogen (secondary N) is 1. The van der Waals surface area contributed by atoms with Gasteiger partial charge in [-0.1, -0.05) is 59.9 Å². The van der Waals surface area contributed by atoms with Gasteiger partial charge in [-0.2, -0.15) is 5.10 Å². The largest absolute Gasteiger partial charge is 0.479 e. The van der Waals surface area contributed by atoms with Crippen LogP contribution >= 0.6 is 46.1 Å². The van der Waals surface area contributed by atoms with Gasteiger partial charge in [-0.3, -0.25) is 4.79 Å². The van der Waals surface area contributed by atoms with E-state index < -0.39 is 18.0 Å². The molecule has 1 amide bonds. The number of hydrogen-bond acceptors (Lipinski definition) is 6. The molecule has 0 aliphatic carbocycles. The molecule has 4 rings (SSSR count). The summed E-state index contributed by atoms with van der Waals surface area (Å²) in [6.07, 6.45) is 1.08. The second kappa shape index (κ2) is 11.8. The summed E-state index contributed by atoms with van der Waals surface area (Å²) in [5.41, 5.74) is 3.14. The fourth-order valence-corrected chi connectivity index (χ4v) is 5.05. The van der Waals surface area contributed by atoms with E-state index in [4.69, 9.17) is 44.3 Å². The summed E-state index contributed by atoms with van der Waals surface area (Å²) in [6.45, 7) is 1.81. The number of hydrogen-bond donors (Lipinski definition) is 1. The zero-order chi connectivity index (χ0) is 25.7. The van der Waals surface area contributed by atoms with E-state index >= 15 is 0 Å². The fraction of sp³-hybridized carbons (Fsp3) is 0.115. The first-order valence-electron chi connectivity index (χ1n) is 10.8. The van der Waals surface area contributed by atoms with E-state index in [1.54, 1.807) is 42.5 Å². The molecule has 1 heterocycles. The monoisotopic (exact) mass is 560 g/mol. The molecule has 0 aliphatic heterocycles. The molecule has 0 fully saturated rings. The van der Waals surface area contributed by atoms with Crippen LogP contribution in [0, 0.1) is 0 Å². The number of esters is 1. The minimum atomic E-state index is -0.789. The highest BCUT2D eigenvalue weighted by atomic mass is 35.5. The molecule has 184 valence electrons. The van der Waals surface area contributed by atoms with E-state index in [1.165, 1.54) is 17.6 Å². The third-order valence-corrected chi connectivity index (χ3v) is 7.21. The van der Waals surface area contributed by atoms with Gasteiger partial charge >= 0.3 is 5.97 Å². The summed E-state index contributed by atoms with van der Waals surface area (Å²) in [4.78, 5) is 25.4. The van der Waals surface area contributed by atoms with E-state index in [0.717, 1.165) is 10.1 Å². The number of thiophene rings is 1. The Hall–Kier alpha value is -3.10. The maximum atomic E-state index is 12.6. The van der Waals surface area contributed by atoms with E-state index in [9.17, 15) is 9.59 Å². The fourth-order valence-electron chi connectivity index (χ4n) is 3.21. The van der Waals surface area contributed by atoms with E-state index in [0.29, 0.717) is 43.4 Å². The first-order valence-corrected chi connectivity index (χ1v) is 12.7. The van der Waals surface area contributed by atoms with E-state index in [1.807, 2.05) is 31.2 Å². The minimum Gasteiger partial charge on any atom is -0.479 e. The maximum absolute atomic E-state index is 12.6. The molecule has 3 aromatic carbocycles. The third-order valence-electron chi connectivity index (χ3n) is 5.03. The van der Waals surface area contributed by atoms with Crippen LogP contribution in [-0.4, -0.2) is 24.2 Å². The Morgan fingerprint density at radius 1 is 1.06 bits per heavy atom. The topological polar surface area (TPSA) is 77.0 Å². The van der Waals surface area contributed by atoms with Gasteiger partial charge in [0, 0.05) is 15.1 Å². The number of fused-ring (bicyclic) bond motifs is 1. The molecule has 36 heavy (non-hydrogen) atoms. The number of hydrazone groups is 1. The Balaban J connectivity index is 1.34. The number of rotatable bonds is 8. The number of amides is 1. The highest BCUT2D eigenvalue weighted by molar-refractivity contribution is 7.21. The van der Waals surface area contributed by atoms with Crippen LogP contribution in [0.5, 0.6) is 11.5 Å². The summed E-state index contributed by atoms with van der Waals surface area (Å²) >= 11 is 19.6. The number of carbonyl (C=O) groups is 2. The Morgan fingerprint density at radius 3 is 2.50 bits per heavy atom. The zero-order valence-electron chi connectivity index (χ0n) is 18.8. The van der Waals surface area contributed by atoms with Gasteiger partial charge in [0.1, 0.15) is 16.4 Å². The van der Waals surface area contributed by atoms with Crippen LogP contribution in [0.1, 0.15) is 28.6 Å². The van der Waals surface area contributed by atoms with Crippen LogP contribution in [0.2, 0.25) is 15.1 Å². The van der Waals surface area contributed by atoms with Crippen molar-refractivity contribution in [3.8, 4) is 11.5 Å². The van der Waals surface area contributed by atoms with Crippen LogP contribution in [0.15, 0.2) is 71.8 Å². The van der Waals surface area contributed by atoms with Crippen LogP contribution in [-0.2, 0) is 4.79 Å². The molecule has 0 saturated heterocycles. The normalized spacial score (nSPS) is 12.0. The molecule has 4 aromatic rings. The van der Waals surface area contributed by atoms with Crippen molar-refractivity contribution in [3.63, 3.8) is 0 Å². The smallest absolute Gasteiger partial charge is 0.355 e. The number of nitrogens with zero attached hydrogens (tertiary/aromatic N) is 1. The second-order valence-corrected chi connectivity index (χ2v) is 9.80.